The Labute approximate surface area is 123 Å². The molecule has 2 amide bonds. The van der Waals surface area contributed by atoms with Crippen LogP contribution in [-0.4, -0.2) is 28.6 Å². The van der Waals surface area contributed by atoms with Crippen molar-refractivity contribution in [3.63, 3.8) is 0 Å². The zero-order valence-corrected chi connectivity index (χ0v) is 12.1. The van der Waals surface area contributed by atoms with Crippen molar-refractivity contribution in [2.75, 3.05) is 16.8 Å². The minimum Gasteiger partial charge on any atom is -0.323 e. The van der Waals surface area contributed by atoms with Crippen LogP contribution in [-0.2, 0) is 4.79 Å². The second kappa shape index (κ2) is 6.69. The fraction of sp³-hybridized carbons (Fsp3) is 0.267. The van der Waals surface area contributed by atoms with Gasteiger partial charge in [0.25, 0.3) is 5.91 Å². The summed E-state index contributed by atoms with van der Waals surface area (Å²) in [5.41, 5.74) is 1.77. The number of hydrogen-bond donors (Lipinski definition) is 2. The number of hydrogen-bond acceptors (Lipinski definition) is 3. The number of anilines is 2. The molecule has 0 unspecified atom stereocenters. The molecule has 2 heterocycles. The van der Waals surface area contributed by atoms with Crippen molar-refractivity contribution in [2.45, 2.75) is 20.3 Å². The maximum Gasteiger partial charge on any atom is 0.262 e. The van der Waals surface area contributed by atoms with Crippen LogP contribution in [0.25, 0.3) is 0 Å². The Balaban J connectivity index is 0.000000497. The summed E-state index contributed by atoms with van der Waals surface area (Å²) in [5, 5.41) is 9.06. The highest BCUT2D eigenvalue weighted by atomic mass is 16.2. The minimum absolute atomic E-state index is 0.0149. The summed E-state index contributed by atoms with van der Waals surface area (Å²) in [4.78, 5) is 25.3. The smallest absolute Gasteiger partial charge is 0.262 e. The van der Waals surface area contributed by atoms with Gasteiger partial charge >= 0.3 is 0 Å². The van der Waals surface area contributed by atoms with E-state index < -0.39 is 0 Å². The van der Waals surface area contributed by atoms with Gasteiger partial charge < -0.3 is 5.32 Å². The topological polar surface area (TPSA) is 78.1 Å². The second-order valence-corrected chi connectivity index (χ2v) is 4.65. The van der Waals surface area contributed by atoms with Crippen LogP contribution in [0.3, 0.4) is 0 Å². The lowest BCUT2D eigenvalue weighted by Gasteiger charge is -2.28. The van der Waals surface area contributed by atoms with Gasteiger partial charge in [-0.2, -0.15) is 5.10 Å². The van der Waals surface area contributed by atoms with Gasteiger partial charge in [0.2, 0.25) is 5.91 Å². The quantitative estimate of drug-likeness (QED) is 0.845. The number of nitrogens with zero attached hydrogens (tertiary/aromatic N) is 2. The molecule has 1 aliphatic heterocycles. The first-order valence-electron chi connectivity index (χ1n) is 6.86. The molecule has 0 saturated carbocycles. The number of aromatic nitrogens is 2. The summed E-state index contributed by atoms with van der Waals surface area (Å²) in [7, 11) is 0. The number of para-hydroxylation sites is 2. The summed E-state index contributed by atoms with van der Waals surface area (Å²) >= 11 is 0. The van der Waals surface area contributed by atoms with E-state index in [2.05, 4.69) is 29.4 Å². The van der Waals surface area contributed by atoms with Crippen molar-refractivity contribution in [2.24, 2.45) is 0 Å². The molecule has 0 radical (unpaired) electrons. The van der Waals surface area contributed by atoms with E-state index in [-0.39, 0.29) is 18.4 Å². The van der Waals surface area contributed by atoms with E-state index in [1.807, 2.05) is 12.1 Å². The molecule has 0 fully saturated rings. The number of rotatable bonds is 1. The summed E-state index contributed by atoms with van der Waals surface area (Å²) < 4.78 is 0. The molecule has 2 aromatic rings. The average molecular weight is 286 g/mol. The van der Waals surface area contributed by atoms with Crippen LogP contribution < -0.4 is 10.2 Å². The largest absolute Gasteiger partial charge is 0.323 e. The molecule has 0 bridgehead atoms. The molecular formula is C15H18N4O2. The molecule has 0 atom stereocenters. The molecule has 21 heavy (non-hydrogen) atoms. The molecule has 6 nitrogen and oxygen atoms in total. The zero-order valence-electron chi connectivity index (χ0n) is 12.1. The molecule has 0 saturated heterocycles. The Kier molecular flexibility index (Phi) is 4.71. The average Bonchev–Trinajstić information content (AvgIpc) is 3.00. The number of benzene rings is 1. The standard InChI is InChI=1S/C12H10N4O2.C3H8/c17-11-7-16(12(18)8-5-13-14-6-8)10-4-2-1-3-9(10)15-11;1-3-2/h1-6H,7H2,(H,13,14)(H,15,17);3H2,1-2H3. The normalized spacial score (nSPS) is 12.9. The fourth-order valence-electron chi connectivity index (χ4n) is 1.94. The van der Waals surface area contributed by atoms with E-state index in [4.69, 9.17) is 0 Å². The Hall–Kier alpha value is -2.63. The minimum atomic E-state index is -0.244. The van der Waals surface area contributed by atoms with Crippen molar-refractivity contribution in [3.05, 3.63) is 42.2 Å². The Morgan fingerprint density at radius 2 is 2.05 bits per heavy atom. The predicted octanol–water partition coefficient (Wildman–Crippen LogP) is 2.42. The second-order valence-electron chi connectivity index (χ2n) is 4.65. The number of aromatic amines is 1. The van der Waals surface area contributed by atoms with Gasteiger partial charge in [0.05, 0.1) is 23.1 Å². The van der Waals surface area contributed by atoms with E-state index in [9.17, 15) is 9.59 Å². The van der Waals surface area contributed by atoms with Gasteiger partial charge in [0.15, 0.2) is 0 Å². The monoisotopic (exact) mass is 286 g/mol. The van der Waals surface area contributed by atoms with Gasteiger partial charge in [-0.25, -0.2) is 0 Å². The van der Waals surface area contributed by atoms with Crippen LogP contribution in [0, 0.1) is 0 Å². The molecule has 1 aromatic heterocycles. The third-order valence-electron chi connectivity index (χ3n) is 2.76. The molecule has 3 rings (SSSR count). The van der Waals surface area contributed by atoms with Crippen molar-refractivity contribution >= 4 is 23.2 Å². The van der Waals surface area contributed by atoms with Gasteiger partial charge in [-0.05, 0) is 12.1 Å². The van der Waals surface area contributed by atoms with Gasteiger partial charge in [-0.1, -0.05) is 32.4 Å². The summed E-state index contributed by atoms with van der Waals surface area (Å²) in [6.45, 7) is 4.26. The lowest BCUT2D eigenvalue weighted by atomic mass is 10.1. The Morgan fingerprint density at radius 3 is 2.71 bits per heavy atom. The fourth-order valence-corrected chi connectivity index (χ4v) is 1.94. The maximum absolute atomic E-state index is 12.3. The van der Waals surface area contributed by atoms with Gasteiger partial charge in [-0.3, -0.25) is 19.6 Å². The molecule has 1 aliphatic rings. The summed E-state index contributed by atoms with van der Waals surface area (Å²) in [6, 6.07) is 7.20. The Morgan fingerprint density at radius 1 is 1.33 bits per heavy atom. The third-order valence-corrected chi connectivity index (χ3v) is 2.76. The molecule has 0 aliphatic carbocycles. The molecule has 110 valence electrons. The van der Waals surface area contributed by atoms with Crippen LogP contribution in [0.4, 0.5) is 11.4 Å². The van der Waals surface area contributed by atoms with E-state index >= 15 is 0 Å². The van der Waals surface area contributed by atoms with Crippen LogP contribution >= 0.6 is 0 Å². The highest BCUT2D eigenvalue weighted by molar-refractivity contribution is 6.14. The SMILES string of the molecule is CCC.O=C1CN(C(=O)c2cn[nH]c2)c2ccccc2N1. The lowest BCUT2D eigenvalue weighted by Crippen LogP contribution is -2.42. The predicted molar refractivity (Wildman–Crippen MR) is 81.3 cm³/mol. The number of carbonyl (C=O) groups excluding carboxylic acids is 2. The van der Waals surface area contributed by atoms with Crippen LogP contribution in [0.5, 0.6) is 0 Å². The number of amides is 2. The van der Waals surface area contributed by atoms with Crippen LogP contribution in [0.1, 0.15) is 30.6 Å². The van der Waals surface area contributed by atoms with Crippen molar-refractivity contribution in [1.29, 1.82) is 0 Å². The first-order valence-corrected chi connectivity index (χ1v) is 6.86. The van der Waals surface area contributed by atoms with E-state index in [1.165, 1.54) is 23.7 Å². The maximum atomic E-state index is 12.3. The molecule has 0 spiro atoms. The van der Waals surface area contributed by atoms with Crippen molar-refractivity contribution < 1.29 is 9.59 Å². The summed E-state index contributed by atoms with van der Waals surface area (Å²) in [5.74, 6) is -0.448. The Bertz CT molecular complexity index is 622. The zero-order chi connectivity index (χ0) is 15.2. The molecular weight excluding hydrogens is 268 g/mol. The first-order chi connectivity index (χ1) is 10.2. The first kappa shape index (κ1) is 14.8. The highest BCUT2D eigenvalue weighted by Crippen LogP contribution is 2.29. The lowest BCUT2D eigenvalue weighted by molar-refractivity contribution is -0.115. The number of carbonyl (C=O) groups is 2. The third kappa shape index (κ3) is 3.28. The van der Waals surface area contributed by atoms with Crippen LogP contribution in [0.15, 0.2) is 36.7 Å². The van der Waals surface area contributed by atoms with E-state index in [0.29, 0.717) is 16.9 Å². The van der Waals surface area contributed by atoms with Gasteiger partial charge in [0.1, 0.15) is 6.54 Å². The van der Waals surface area contributed by atoms with Crippen LogP contribution in [0.2, 0.25) is 0 Å². The van der Waals surface area contributed by atoms with Crippen molar-refractivity contribution in [1.82, 2.24) is 10.2 Å². The number of fused-ring (bicyclic) bond motifs is 1. The number of nitrogens with one attached hydrogen (secondary N) is 2. The van der Waals surface area contributed by atoms with Crippen molar-refractivity contribution in [3.8, 4) is 0 Å². The van der Waals surface area contributed by atoms with Gasteiger partial charge in [-0.15, -0.1) is 0 Å². The molecule has 1 aromatic carbocycles. The highest BCUT2D eigenvalue weighted by Gasteiger charge is 2.27. The van der Waals surface area contributed by atoms with E-state index in [1.54, 1.807) is 12.1 Å². The molecule has 6 heteroatoms. The summed E-state index contributed by atoms with van der Waals surface area (Å²) in [6.07, 6.45) is 4.20. The number of H-pyrrole nitrogens is 1. The van der Waals surface area contributed by atoms with E-state index in [0.717, 1.165) is 0 Å². The molecule has 2 N–H and O–H groups in total. The van der Waals surface area contributed by atoms with Gasteiger partial charge in [0, 0.05) is 6.20 Å².